The van der Waals surface area contributed by atoms with Crippen molar-refractivity contribution in [3.05, 3.63) is 48.6 Å². The maximum atomic E-state index is 4.83. The van der Waals surface area contributed by atoms with Gasteiger partial charge in [-0.2, -0.15) is 0 Å². The van der Waals surface area contributed by atoms with Crippen molar-refractivity contribution in [1.82, 2.24) is 0 Å². The molecule has 5 rings (SSSR count). The molecule has 5 aliphatic rings. The maximum absolute atomic E-state index is 4.83. The number of hydrogen-bond donors (Lipinski definition) is 0. The SMILES string of the molecule is C1=CC2=NC3=NC(=NC4=NC(=NC5=NC(=NC1=N2)C=C5)C=C4)C=C3.[Cl][GaH2]. The Morgan fingerprint density at radius 3 is 0.577 bits per heavy atom. The first kappa shape index (κ1) is 16.7. The van der Waals surface area contributed by atoms with Gasteiger partial charge in [0, 0.05) is 0 Å². The molecule has 8 nitrogen and oxygen atoms in total. The summed E-state index contributed by atoms with van der Waals surface area (Å²) in [5.41, 5.74) is 0. The van der Waals surface area contributed by atoms with Crippen molar-refractivity contribution < 1.29 is 0 Å². The molecule has 0 aromatic heterocycles. The van der Waals surface area contributed by atoms with Crippen LogP contribution in [0.2, 0.25) is 0 Å². The van der Waals surface area contributed by atoms with Crippen LogP contribution in [0, 0.1) is 0 Å². The van der Waals surface area contributed by atoms with Crippen LogP contribution in [-0.4, -0.2) is 64.3 Å². The van der Waals surface area contributed by atoms with E-state index in [9.17, 15) is 0 Å². The van der Waals surface area contributed by atoms with Gasteiger partial charge in [-0.3, -0.25) is 0 Å². The molecule has 0 saturated heterocycles. The van der Waals surface area contributed by atoms with Gasteiger partial charge in [0.1, 0.15) is 0 Å². The number of hydrogen-bond acceptors (Lipinski definition) is 8. The molecule has 0 N–H and O–H groups in total. The Balaban J connectivity index is 0.000000814. The summed E-state index contributed by atoms with van der Waals surface area (Å²) in [6.07, 6.45) is 14.2. The number of amidine groups is 8. The van der Waals surface area contributed by atoms with Gasteiger partial charge < -0.3 is 0 Å². The molecular formula is C16H10ClGaN8. The van der Waals surface area contributed by atoms with Crippen molar-refractivity contribution in [3.8, 4) is 0 Å². The molecule has 5 aliphatic heterocycles. The van der Waals surface area contributed by atoms with Gasteiger partial charge in [-0.05, 0) is 48.6 Å². The predicted octanol–water partition coefficient (Wildman–Crippen LogP) is 1.24. The van der Waals surface area contributed by atoms with Gasteiger partial charge in [-0.25, -0.2) is 39.9 Å². The van der Waals surface area contributed by atoms with Crippen molar-refractivity contribution in [3.63, 3.8) is 0 Å². The van der Waals surface area contributed by atoms with Crippen LogP contribution in [0.5, 0.6) is 0 Å². The zero-order chi connectivity index (χ0) is 17.9. The summed E-state index contributed by atoms with van der Waals surface area (Å²) in [5, 5.41) is 0. The van der Waals surface area contributed by atoms with E-state index < -0.39 is 0 Å². The number of fused-ring (bicyclic) bond motifs is 4. The van der Waals surface area contributed by atoms with Crippen molar-refractivity contribution in [1.29, 1.82) is 0 Å². The fourth-order valence-electron chi connectivity index (χ4n) is 2.33. The summed E-state index contributed by atoms with van der Waals surface area (Å²) in [7, 11) is 4.83. The molecule has 124 valence electrons. The van der Waals surface area contributed by atoms with Crippen LogP contribution in [0.15, 0.2) is 88.5 Å². The van der Waals surface area contributed by atoms with E-state index in [1.165, 1.54) is 0 Å². The molecular weight excluding hydrogens is 409 g/mol. The summed E-state index contributed by atoms with van der Waals surface area (Å²) in [6.45, 7) is 0. The molecule has 0 amide bonds. The van der Waals surface area contributed by atoms with Gasteiger partial charge in [0.2, 0.25) is 0 Å². The van der Waals surface area contributed by atoms with Gasteiger partial charge in [0.25, 0.3) is 0 Å². The van der Waals surface area contributed by atoms with Crippen LogP contribution < -0.4 is 0 Å². The number of halogens is 1. The van der Waals surface area contributed by atoms with Gasteiger partial charge in [-0.15, -0.1) is 0 Å². The number of nitrogens with zero attached hydrogens (tertiary/aromatic N) is 8. The van der Waals surface area contributed by atoms with Crippen LogP contribution in [-0.2, 0) is 0 Å². The molecule has 0 aliphatic carbocycles. The fourth-order valence-corrected chi connectivity index (χ4v) is 2.33. The topological polar surface area (TPSA) is 98.9 Å². The fraction of sp³-hybridized carbons (Fsp3) is 0. The second-order valence-electron chi connectivity index (χ2n) is 5.09. The number of rotatable bonds is 0. The second-order valence-corrected chi connectivity index (χ2v) is 5.09. The van der Waals surface area contributed by atoms with Crippen molar-refractivity contribution in [2.24, 2.45) is 39.9 Å². The van der Waals surface area contributed by atoms with Gasteiger partial charge >= 0.3 is 27.2 Å². The van der Waals surface area contributed by atoms with Gasteiger partial charge in [-0.1, -0.05) is 0 Å². The van der Waals surface area contributed by atoms with Crippen LogP contribution in [0.25, 0.3) is 0 Å². The van der Waals surface area contributed by atoms with Crippen molar-refractivity contribution >= 4 is 73.9 Å². The Bertz CT molecular complexity index is 860. The molecule has 0 radical (unpaired) electrons. The quantitative estimate of drug-likeness (QED) is 0.528. The minimum atomic E-state index is 0.535. The molecule has 5 heterocycles. The average molecular weight is 419 g/mol. The Hall–Kier alpha value is -2.75. The van der Waals surface area contributed by atoms with E-state index in [4.69, 9.17) is 9.64 Å². The minimum absolute atomic E-state index is 0.535. The van der Waals surface area contributed by atoms with E-state index in [1.807, 2.05) is 0 Å². The first-order valence-corrected chi connectivity index (χ1v) is 13.1. The molecule has 0 spiro atoms. The van der Waals surface area contributed by atoms with E-state index >= 15 is 0 Å². The third-order valence-corrected chi connectivity index (χ3v) is 3.36. The summed E-state index contributed by atoms with van der Waals surface area (Å²) in [6, 6.07) is 0. The third kappa shape index (κ3) is 3.59. The Morgan fingerprint density at radius 2 is 0.462 bits per heavy atom. The molecule has 0 fully saturated rings. The predicted molar refractivity (Wildman–Crippen MR) is 110 cm³/mol. The van der Waals surface area contributed by atoms with Gasteiger partial charge in [0.05, 0.1) is 0 Å². The molecule has 0 aromatic rings. The monoisotopic (exact) mass is 418 g/mol. The van der Waals surface area contributed by atoms with Gasteiger partial charge in [0.15, 0.2) is 46.7 Å². The molecule has 10 heteroatoms. The van der Waals surface area contributed by atoms with Crippen LogP contribution in [0.3, 0.4) is 0 Å². The Labute approximate surface area is 162 Å². The first-order chi connectivity index (χ1) is 12.8. The zero-order valence-corrected chi connectivity index (χ0v) is 18.5. The number of aliphatic imine (C=N–C) groups is 8. The first-order valence-electron chi connectivity index (χ1n) is 7.60. The summed E-state index contributed by atoms with van der Waals surface area (Å²) < 4.78 is 0. The molecule has 8 bridgehead atoms. The second kappa shape index (κ2) is 7.24. The Morgan fingerprint density at radius 1 is 0.346 bits per heavy atom. The molecule has 26 heavy (non-hydrogen) atoms. The molecule has 0 atom stereocenters. The average Bonchev–Trinajstić information content (AvgIpc) is 3.42. The standard InChI is InChI=1S/C16H8N8.ClH.Ga.2H/c1-2-10-17-9(1)21-11-3-4-13(18-11)23-15-7-8-16(20-15)24-14-6-5-12(19-14)22-10;;;;/h1-8H;1H;;;/q;;+1;;/p-1. The Kier molecular flexibility index (Phi) is 4.65. The van der Waals surface area contributed by atoms with E-state index in [-0.39, 0.29) is 0 Å². The van der Waals surface area contributed by atoms with Crippen LogP contribution >= 0.6 is 9.64 Å². The van der Waals surface area contributed by atoms with Crippen molar-refractivity contribution in [2.45, 2.75) is 0 Å². The van der Waals surface area contributed by atoms with E-state index in [0.29, 0.717) is 64.3 Å². The van der Waals surface area contributed by atoms with Crippen molar-refractivity contribution in [2.75, 3.05) is 0 Å². The van der Waals surface area contributed by atoms with E-state index in [1.54, 1.807) is 48.6 Å². The summed E-state index contributed by atoms with van der Waals surface area (Å²) >= 11 is 0.535. The molecule has 0 unspecified atom stereocenters. The summed E-state index contributed by atoms with van der Waals surface area (Å²) in [5.74, 6) is 4.30. The van der Waals surface area contributed by atoms with E-state index in [2.05, 4.69) is 39.9 Å². The third-order valence-electron chi connectivity index (χ3n) is 3.36. The zero-order valence-electron chi connectivity index (χ0n) is 13.6. The molecule has 0 aromatic carbocycles. The normalized spacial score (nSPS) is 21.1. The molecule has 0 saturated carbocycles. The summed E-state index contributed by atoms with van der Waals surface area (Å²) in [4.78, 5) is 34.8. The van der Waals surface area contributed by atoms with Crippen LogP contribution in [0.1, 0.15) is 0 Å². The van der Waals surface area contributed by atoms with E-state index in [0.717, 1.165) is 0 Å². The van der Waals surface area contributed by atoms with Crippen LogP contribution in [0.4, 0.5) is 0 Å².